The maximum atomic E-state index is 12.6. The third-order valence-electron chi connectivity index (χ3n) is 8.55. The Balaban J connectivity index is 0.000000197. The predicted molar refractivity (Wildman–Crippen MR) is 203 cm³/mol. The van der Waals surface area contributed by atoms with Crippen molar-refractivity contribution in [3.63, 3.8) is 0 Å². The maximum absolute atomic E-state index is 12.6. The van der Waals surface area contributed by atoms with Crippen LogP contribution in [-0.2, 0) is 36.8 Å². The number of rotatable bonds is 8. The minimum atomic E-state index is -1.09. The first-order valence-corrected chi connectivity index (χ1v) is 16.7. The Labute approximate surface area is 303 Å². The van der Waals surface area contributed by atoms with Crippen LogP contribution in [0.15, 0.2) is 80.4 Å². The van der Waals surface area contributed by atoms with Gasteiger partial charge in [-0.1, -0.05) is 52.0 Å². The van der Waals surface area contributed by atoms with E-state index in [-0.39, 0.29) is 41.3 Å². The molecule has 17 nitrogen and oxygen atoms in total. The molecule has 280 valence electrons. The van der Waals surface area contributed by atoms with Gasteiger partial charge in [-0.3, -0.25) is 38.3 Å². The molecule has 0 aliphatic heterocycles. The van der Waals surface area contributed by atoms with Crippen molar-refractivity contribution in [2.45, 2.75) is 52.6 Å². The van der Waals surface area contributed by atoms with Gasteiger partial charge in [0.15, 0.2) is 22.3 Å². The zero-order valence-electron chi connectivity index (χ0n) is 30.9. The fourth-order valence-corrected chi connectivity index (χ4v) is 5.17. The Hall–Kier alpha value is -6.52. The standard InChI is InChI=1S/C18H21N5O3.C10H15N.C8H8N4O4/c1-11(2)12-5-7-13(8-6-12)21(3)14(24)9-23-10-19-16-15(23)17(25)22(4)18(26)20-16;1-8(2)9-4-6-10(11-3)7-5-9;1-11-7(15)5-6(10-8(11)16)9-3-12(5)2-4(13)14/h5-8,10-11H,9H2,1-4H3,(H,20,26);4-8,11H,1-3H3;3H,2H2,1H3,(H,10,16)(H,13,14). The number of nitrogens with one attached hydrogen (secondary N) is 3. The normalized spacial score (nSPS) is 10.9. The molecule has 0 atom stereocenters. The topological polar surface area (TPSA) is 215 Å². The minimum absolute atomic E-state index is 0.0553. The van der Waals surface area contributed by atoms with E-state index in [2.05, 4.69) is 77.2 Å². The van der Waals surface area contributed by atoms with Gasteiger partial charge in [-0.2, -0.15) is 0 Å². The molecule has 53 heavy (non-hydrogen) atoms. The minimum Gasteiger partial charge on any atom is -0.480 e. The van der Waals surface area contributed by atoms with E-state index in [4.69, 9.17) is 5.11 Å². The lowest BCUT2D eigenvalue weighted by atomic mass is 10.0. The average Bonchev–Trinajstić information content (AvgIpc) is 3.72. The van der Waals surface area contributed by atoms with Gasteiger partial charge in [0.05, 0.1) is 12.7 Å². The van der Waals surface area contributed by atoms with Crippen LogP contribution in [0.2, 0.25) is 0 Å². The second kappa shape index (κ2) is 16.7. The van der Waals surface area contributed by atoms with Crippen molar-refractivity contribution < 1.29 is 14.7 Å². The Morgan fingerprint density at radius 1 is 0.736 bits per heavy atom. The van der Waals surface area contributed by atoms with Crippen molar-refractivity contribution in [2.75, 3.05) is 24.3 Å². The fraction of sp³-hybridized carbons (Fsp3) is 0.333. The number of aromatic amines is 2. The molecule has 0 spiro atoms. The molecule has 4 heterocycles. The SMILES string of the molecule is CC(C)c1ccc(N(C)C(=O)Cn2cnc3[nH]c(=O)n(C)c(=O)c32)cc1.CNc1ccc(C(C)C)cc1.Cn1c(=O)[nH]c2ncn(CC(=O)O)c2c1=O. The number of amides is 1. The lowest BCUT2D eigenvalue weighted by Gasteiger charge is -2.18. The third-order valence-corrected chi connectivity index (χ3v) is 8.55. The first-order valence-electron chi connectivity index (χ1n) is 16.7. The number of hydrogen-bond acceptors (Lipinski definition) is 9. The van der Waals surface area contributed by atoms with Crippen LogP contribution in [0.4, 0.5) is 11.4 Å². The van der Waals surface area contributed by atoms with Crippen LogP contribution in [-0.4, -0.2) is 69.3 Å². The number of hydrogen-bond donors (Lipinski definition) is 4. The molecule has 17 heteroatoms. The molecule has 0 fully saturated rings. The summed E-state index contributed by atoms with van der Waals surface area (Å²) >= 11 is 0. The number of likely N-dealkylation sites (N-methyl/N-ethyl adjacent to an activating group) is 1. The summed E-state index contributed by atoms with van der Waals surface area (Å²) < 4.78 is 4.45. The quantitative estimate of drug-likeness (QED) is 0.180. The predicted octanol–water partition coefficient (Wildman–Crippen LogP) is 2.57. The highest BCUT2D eigenvalue weighted by Crippen LogP contribution is 2.20. The average molecular weight is 729 g/mol. The number of carboxylic acids is 1. The number of carboxylic acid groups (broad SMARTS) is 1. The fourth-order valence-electron chi connectivity index (χ4n) is 5.17. The summed E-state index contributed by atoms with van der Waals surface area (Å²) in [4.78, 5) is 84.3. The second-order valence-corrected chi connectivity index (χ2v) is 12.8. The molecule has 6 aromatic rings. The molecule has 1 amide bonds. The Morgan fingerprint density at radius 3 is 1.55 bits per heavy atom. The number of benzene rings is 2. The van der Waals surface area contributed by atoms with Gasteiger partial charge in [-0.05, 0) is 47.2 Å². The van der Waals surface area contributed by atoms with Crippen molar-refractivity contribution in [1.82, 2.24) is 38.2 Å². The van der Waals surface area contributed by atoms with E-state index in [1.165, 1.54) is 57.6 Å². The van der Waals surface area contributed by atoms with E-state index < -0.39 is 28.5 Å². The molecule has 4 N–H and O–H groups in total. The van der Waals surface area contributed by atoms with Crippen LogP contribution in [0.5, 0.6) is 0 Å². The Kier molecular flexibility index (Phi) is 12.3. The number of anilines is 2. The number of carbonyl (C=O) groups is 2. The first kappa shape index (κ1) is 39.3. The van der Waals surface area contributed by atoms with Gasteiger partial charge in [0.25, 0.3) is 11.1 Å². The van der Waals surface area contributed by atoms with Crippen LogP contribution >= 0.6 is 0 Å². The number of nitrogens with zero attached hydrogens (tertiary/aromatic N) is 7. The molecular weight excluding hydrogens is 684 g/mol. The highest BCUT2D eigenvalue weighted by Gasteiger charge is 2.17. The maximum Gasteiger partial charge on any atom is 0.329 e. The van der Waals surface area contributed by atoms with Crippen molar-refractivity contribution in [3.05, 3.63) is 114 Å². The molecule has 0 saturated carbocycles. The lowest BCUT2D eigenvalue weighted by Crippen LogP contribution is -2.34. The summed E-state index contributed by atoms with van der Waals surface area (Å²) in [6.45, 7) is 8.19. The molecule has 0 saturated heterocycles. The van der Waals surface area contributed by atoms with Crippen LogP contribution in [0.3, 0.4) is 0 Å². The summed E-state index contributed by atoms with van der Waals surface area (Å²) in [5, 5.41) is 11.7. The van der Waals surface area contributed by atoms with Crippen molar-refractivity contribution in [2.24, 2.45) is 14.1 Å². The molecule has 0 bridgehead atoms. The van der Waals surface area contributed by atoms with Crippen LogP contribution in [0.1, 0.15) is 50.7 Å². The molecule has 0 radical (unpaired) electrons. The highest BCUT2D eigenvalue weighted by molar-refractivity contribution is 5.93. The van der Waals surface area contributed by atoms with Gasteiger partial charge < -0.3 is 24.5 Å². The zero-order valence-corrected chi connectivity index (χ0v) is 30.9. The van der Waals surface area contributed by atoms with Crippen LogP contribution in [0, 0.1) is 0 Å². The summed E-state index contributed by atoms with van der Waals surface area (Å²) in [6.07, 6.45) is 2.59. The number of aliphatic carboxylic acids is 1. The van der Waals surface area contributed by atoms with Crippen molar-refractivity contribution >= 4 is 45.6 Å². The summed E-state index contributed by atoms with van der Waals surface area (Å²) in [6, 6.07) is 16.3. The number of H-pyrrole nitrogens is 2. The van der Waals surface area contributed by atoms with Crippen molar-refractivity contribution in [3.8, 4) is 0 Å². The van der Waals surface area contributed by atoms with E-state index in [9.17, 15) is 28.8 Å². The molecule has 0 aliphatic rings. The monoisotopic (exact) mass is 728 g/mol. The summed E-state index contributed by atoms with van der Waals surface area (Å²) in [5.74, 6) is -0.246. The largest absolute Gasteiger partial charge is 0.480 e. The van der Waals surface area contributed by atoms with Crippen LogP contribution < -0.4 is 32.7 Å². The molecule has 0 unspecified atom stereocenters. The van der Waals surface area contributed by atoms with E-state index in [1.807, 2.05) is 31.3 Å². The van der Waals surface area contributed by atoms with E-state index in [0.717, 1.165) is 14.8 Å². The van der Waals surface area contributed by atoms with Gasteiger partial charge in [-0.25, -0.2) is 19.6 Å². The number of aromatic nitrogens is 8. The Morgan fingerprint density at radius 2 is 1.15 bits per heavy atom. The van der Waals surface area contributed by atoms with Gasteiger partial charge in [0, 0.05) is 39.6 Å². The molecule has 6 rings (SSSR count). The van der Waals surface area contributed by atoms with E-state index >= 15 is 0 Å². The smallest absolute Gasteiger partial charge is 0.329 e. The van der Waals surface area contributed by atoms with Gasteiger partial charge in [0.1, 0.15) is 13.1 Å². The summed E-state index contributed by atoms with van der Waals surface area (Å²) in [5.41, 5.74) is 2.89. The van der Waals surface area contributed by atoms with Gasteiger partial charge in [-0.15, -0.1) is 0 Å². The van der Waals surface area contributed by atoms with E-state index in [0.29, 0.717) is 11.8 Å². The first-order chi connectivity index (χ1) is 25.0. The van der Waals surface area contributed by atoms with Gasteiger partial charge in [0.2, 0.25) is 5.91 Å². The van der Waals surface area contributed by atoms with E-state index in [1.54, 1.807) is 7.05 Å². The van der Waals surface area contributed by atoms with Crippen LogP contribution in [0.25, 0.3) is 22.3 Å². The number of fused-ring (bicyclic) bond motifs is 2. The molecule has 0 aliphatic carbocycles. The molecule has 2 aromatic carbocycles. The van der Waals surface area contributed by atoms with Gasteiger partial charge >= 0.3 is 17.3 Å². The third kappa shape index (κ3) is 9.05. The zero-order chi connectivity index (χ0) is 39.1. The molecular formula is C36H44N10O7. The summed E-state index contributed by atoms with van der Waals surface area (Å²) in [7, 11) is 6.30. The highest BCUT2D eigenvalue weighted by atomic mass is 16.4. The number of imidazole rings is 2. The number of carbonyl (C=O) groups excluding carboxylic acids is 1. The Bertz CT molecular complexity index is 2460. The molecule has 4 aromatic heterocycles. The lowest BCUT2D eigenvalue weighted by molar-refractivity contribution is -0.137. The second-order valence-electron chi connectivity index (χ2n) is 12.8. The van der Waals surface area contributed by atoms with Crippen molar-refractivity contribution in [1.29, 1.82) is 0 Å².